The lowest BCUT2D eigenvalue weighted by atomic mass is 9.94. The van der Waals surface area contributed by atoms with Crippen LogP contribution in [0.5, 0.6) is 0 Å². The first-order chi connectivity index (χ1) is 13.1. The number of hydrogen-bond acceptors (Lipinski definition) is 5. The van der Waals surface area contributed by atoms with Crippen LogP contribution >= 0.6 is 0 Å². The Kier molecular flexibility index (Phi) is 4.92. The van der Waals surface area contributed by atoms with Crippen molar-refractivity contribution in [2.45, 2.75) is 38.6 Å². The van der Waals surface area contributed by atoms with Crippen molar-refractivity contribution >= 4 is 11.8 Å². The molecule has 0 N–H and O–H groups in total. The fourth-order valence-electron chi connectivity index (χ4n) is 4.10. The van der Waals surface area contributed by atoms with Crippen molar-refractivity contribution in [3.63, 3.8) is 0 Å². The number of piperidine rings is 1. The zero-order valence-electron chi connectivity index (χ0n) is 15.5. The topological polar surface area (TPSA) is 79.5 Å². The molecule has 0 aromatic carbocycles. The Hall–Kier alpha value is -2.70. The van der Waals surface area contributed by atoms with Crippen LogP contribution in [0.25, 0.3) is 0 Å². The van der Waals surface area contributed by atoms with Crippen molar-refractivity contribution in [3.8, 4) is 0 Å². The third kappa shape index (κ3) is 3.59. The van der Waals surface area contributed by atoms with Gasteiger partial charge >= 0.3 is 0 Å². The van der Waals surface area contributed by atoms with Crippen molar-refractivity contribution in [3.05, 3.63) is 47.6 Å². The van der Waals surface area contributed by atoms with E-state index in [-0.39, 0.29) is 23.8 Å². The molecule has 27 heavy (non-hydrogen) atoms. The lowest BCUT2D eigenvalue weighted by Gasteiger charge is -2.34. The third-order valence-corrected chi connectivity index (χ3v) is 5.54. The number of hydrogen-bond donors (Lipinski definition) is 0. The maximum atomic E-state index is 13.1. The monoisotopic (exact) mass is 368 g/mol. The van der Waals surface area contributed by atoms with Crippen LogP contribution in [0.4, 0.5) is 0 Å². The summed E-state index contributed by atoms with van der Waals surface area (Å²) in [6.45, 7) is 3.81. The lowest BCUT2D eigenvalue weighted by Crippen LogP contribution is -2.44. The second kappa shape index (κ2) is 7.50. The molecule has 2 aliphatic rings. The highest BCUT2D eigenvalue weighted by atomic mass is 16.5. The maximum absolute atomic E-state index is 13.1. The number of pyridine rings is 1. The first kappa shape index (κ1) is 17.7. The number of likely N-dealkylation sites (tertiary alicyclic amines) is 2. The highest BCUT2D eigenvalue weighted by Gasteiger charge is 2.37. The molecular formula is C20H24N4O3. The molecule has 1 atom stereocenters. The SMILES string of the molecule is Cc1cc([C@@H]2CCCN2C(=O)C2CCN(C(=O)c3ccccn3)CC2)no1. The maximum Gasteiger partial charge on any atom is 0.272 e. The van der Waals surface area contributed by atoms with Crippen LogP contribution in [-0.2, 0) is 4.79 Å². The van der Waals surface area contributed by atoms with Crippen LogP contribution in [0, 0.1) is 12.8 Å². The molecule has 0 aliphatic carbocycles. The second-order valence-electron chi connectivity index (χ2n) is 7.33. The van der Waals surface area contributed by atoms with Crippen LogP contribution < -0.4 is 0 Å². The molecular weight excluding hydrogens is 344 g/mol. The third-order valence-electron chi connectivity index (χ3n) is 5.54. The van der Waals surface area contributed by atoms with Crippen molar-refractivity contribution in [2.24, 2.45) is 5.92 Å². The zero-order valence-corrected chi connectivity index (χ0v) is 15.5. The molecule has 2 aromatic heterocycles. The van der Waals surface area contributed by atoms with E-state index in [0.717, 1.165) is 30.8 Å². The number of aryl methyl sites for hydroxylation is 1. The van der Waals surface area contributed by atoms with Crippen molar-refractivity contribution in [1.29, 1.82) is 0 Å². The fourth-order valence-corrected chi connectivity index (χ4v) is 4.10. The quantitative estimate of drug-likeness (QED) is 0.832. The summed E-state index contributed by atoms with van der Waals surface area (Å²) in [7, 11) is 0. The van der Waals surface area contributed by atoms with E-state index in [1.165, 1.54) is 0 Å². The summed E-state index contributed by atoms with van der Waals surface area (Å²) in [6.07, 6.45) is 4.92. The zero-order chi connectivity index (χ0) is 18.8. The molecule has 2 aliphatic heterocycles. The second-order valence-corrected chi connectivity index (χ2v) is 7.33. The van der Waals surface area contributed by atoms with E-state index in [0.29, 0.717) is 31.6 Å². The summed E-state index contributed by atoms with van der Waals surface area (Å²) in [5, 5.41) is 4.12. The summed E-state index contributed by atoms with van der Waals surface area (Å²) >= 11 is 0. The number of carbonyl (C=O) groups excluding carboxylic acids is 2. The molecule has 142 valence electrons. The molecule has 0 radical (unpaired) electrons. The summed E-state index contributed by atoms with van der Waals surface area (Å²) in [6, 6.07) is 7.28. The van der Waals surface area contributed by atoms with Gasteiger partial charge in [-0.1, -0.05) is 11.2 Å². The van der Waals surface area contributed by atoms with Crippen molar-refractivity contribution in [1.82, 2.24) is 19.9 Å². The number of nitrogens with zero attached hydrogens (tertiary/aromatic N) is 4. The minimum atomic E-state index is -0.0568. The van der Waals surface area contributed by atoms with Crippen LogP contribution in [0.15, 0.2) is 35.0 Å². The molecule has 2 amide bonds. The Morgan fingerprint density at radius 3 is 2.63 bits per heavy atom. The van der Waals surface area contributed by atoms with Gasteiger partial charge in [0, 0.05) is 37.8 Å². The van der Waals surface area contributed by atoms with Crippen LogP contribution in [0.2, 0.25) is 0 Å². The first-order valence-corrected chi connectivity index (χ1v) is 9.57. The Labute approximate surface area is 158 Å². The smallest absolute Gasteiger partial charge is 0.272 e. The van der Waals surface area contributed by atoms with Gasteiger partial charge in [-0.05, 0) is 44.7 Å². The molecule has 7 heteroatoms. The molecule has 7 nitrogen and oxygen atoms in total. The summed E-state index contributed by atoms with van der Waals surface area (Å²) in [4.78, 5) is 33.5. The number of aromatic nitrogens is 2. The van der Waals surface area contributed by atoms with E-state index in [1.54, 1.807) is 23.2 Å². The molecule has 2 saturated heterocycles. The summed E-state index contributed by atoms with van der Waals surface area (Å²) in [5.74, 6) is 0.860. The Balaban J connectivity index is 1.38. The van der Waals surface area contributed by atoms with Crippen molar-refractivity contribution in [2.75, 3.05) is 19.6 Å². The Morgan fingerprint density at radius 2 is 1.96 bits per heavy atom. The van der Waals surface area contributed by atoms with Gasteiger partial charge in [0.1, 0.15) is 17.1 Å². The molecule has 0 spiro atoms. The summed E-state index contributed by atoms with van der Waals surface area (Å²) in [5.41, 5.74) is 1.31. The normalized spacial score (nSPS) is 20.9. The van der Waals surface area contributed by atoms with E-state index in [2.05, 4.69) is 10.1 Å². The van der Waals surface area contributed by atoms with Gasteiger partial charge in [-0.2, -0.15) is 0 Å². The van der Waals surface area contributed by atoms with Crippen molar-refractivity contribution < 1.29 is 14.1 Å². The number of amides is 2. The standard InChI is InChI=1S/C20H24N4O3/c1-14-13-17(22-27-14)18-6-4-10-24(18)19(25)15-7-11-23(12-8-15)20(26)16-5-2-3-9-21-16/h2-3,5,9,13,15,18H,4,6-8,10-12H2,1H3/t18-/m0/s1. The molecule has 0 bridgehead atoms. The highest BCUT2D eigenvalue weighted by Crippen LogP contribution is 2.34. The number of carbonyl (C=O) groups is 2. The van der Waals surface area contributed by atoms with Crippen LogP contribution in [0.3, 0.4) is 0 Å². The average molecular weight is 368 g/mol. The molecule has 4 heterocycles. The van der Waals surface area contributed by atoms with Gasteiger partial charge in [0.15, 0.2) is 0 Å². The Bertz CT molecular complexity index is 812. The molecule has 2 fully saturated rings. The first-order valence-electron chi connectivity index (χ1n) is 9.57. The van der Waals surface area contributed by atoms with E-state index in [9.17, 15) is 9.59 Å². The fraction of sp³-hybridized carbons (Fsp3) is 0.500. The van der Waals surface area contributed by atoms with Gasteiger partial charge < -0.3 is 14.3 Å². The van der Waals surface area contributed by atoms with Gasteiger partial charge in [-0.3, -0.25) is 14.6 Å². The predicted molar refractivity (Wildman–Crippen MR) is 97.8 cm³/mol. The molecule has 0 saturated carbocycles. The molecule has 0 unspecified atom stereocenters. The van der Waals surface area contributed by atoms with Crippen LogP contribution in [-0.4, -0.2) is 51.4 Å². The minimum Gasteiger partial charge on any atom is -0.361 e. The van der Waals surface area contributed by atoms with Gasteiger partial charge in [-0.15, -0.1) is 0 Å². The minimum absolute atomic E-state index is 0.0168. The average Bonchev–Trinajstić information content (AvgIpc) is 3.36. The lowest BCUT2D eigenvalue weighted by molar-refractivity contribution is -0.138. The van der Waals surface area contributed by atoms with Gasteiger partial charge in [0.25, 0.3) is 5.91 Å². The van der Waals surface area contributed by atoms with E-state index in [4.69, 9.17) is 4.52 Å². The highest BCUT2D eigenvalue weighted by molar-refractivity contribution is 5.92. The summed E-state index contributed by atoms with van der Waals surface area (Å²) < 4.78 is 5.19. The molecule has 4 rings (SSSR count). The van der Waals surface area contributed by atoms with Gasteiger partial charge in [0.05, 0.1) is 6.04 Å². The van der Waals surface area contributed by atoms with E-state index in [1.807, 2.05) is 24.0 Å². The van der Waals surface area contributed by atoms with Gasteiger partial charge in [-0.25, -0.2) is 0 Å². The van der Waals surface area contributed by atoms with Crippen LogP contribution in [0.1, 0.15) is 53.7 Å². The Morgan fingerprint density at radius 1 is 1.15 bits per heavy atom. The van der Waals surface area contributed by atoms with E-state index < -0.39 is 0 Å². The van der Waals surface area contributed by atoms with E-state index >= 15 is 0 Å². The molecule has 2 aromatic rings. The predicted octanol–water partition coefficient (Wildman–Crippen LogP) is 2.59. The largest absolute Gasteiger partial charge is 0.361 e. The van der Waals surface area contributed by atoms with Gasteiger partial charge in [0.2, 0.25) is 5.91 Å². The number of rotatable bonds is 3.